The summed E-state index contributed by atoms with van der Waals surface area (Å²) in [6, 6.07) is 2.14. The van der Waals surface area contributed by atoms with E-state index in [1.807, 2.05) is 0 Å². The van der Waals surface area contributed by atoms with E-state index in [1.165, 1.54) is 0 Å². The Labute approximate surface area is 84.8 Å². The lowest BCUT2D eigenvalue weighted by molar-refractivity contribution is 0.287. The Bertz CT molecular complexity index is 442. The number of halogens is 2. The normalized spacial score (nSPS) is 11.1. The molecule has 80 valence electrons. The first kappa shape index (κ1) is 10.0. The number of nitrogens with zero attached hydrogens (tertiary/aromatic N) is 1. The zero-order valence-electron chi connectivity index (χ0n) is 7.93. The first-order valence-electron chi connectivity index (χ1n) is 4.65. The number of aryl methyl sites for hydroxylation is 1. The van der Waals surface area contributed by atoms with E-state index in [9.17, 15) is 8.78 Å². The van der Waals surface area contributed by atoms with Crippen molar-refractivity contribution in [2.75, 3.05) is 6.61 Å². The first-order chi connectivity index (χ1) is 7.20. The molecule has 2 aromatic rings. The molecule has 15 heavy (non-hydrogen) atoms. The van der Waals surface area contributed by atoms with Crippen molar-refractivity contribution in [2.45, 2.75) is 12.8 Å². The number of hydrogen-bond donors (Lipinski definition) is 2. The summed E-state index contributed by atoms with van der Waals surface area (Å²) in [4.78, 5) is 6.95. The number of aliphatic hydroxyl groups is 1. The minimum atomic E-state index is -0.900. The molecule has 0 radical (unpaired) electrons. The fourth-order valence-electron chi connectivity index (χ4n) is 1.42. The van der Waals surface area contributed by atoms with E-state index in [0.29, 0.717) is 29.7 Å². The van der Waals surface area contributed by atoms with Crippen molar-refractivity contribution in [3.8, 4) is 0 Å². The van der Waals surface area contributed by atoms with Crippen LogP contribution in [0.5, 0.6) is 0 Å². The fourth-order valence-corrected chi connectivity index (χ4v) is 1.42. The Morgan fingerprint density at radius 1 is 1.27 bits per heavy atom. The van der Waals surface area contributed by atoms with Gasteiger partial charge in [-0.1, -0.05) is 0 Å². The number of fused-ring (bicyclic) bond motifs is 1. The molecule has 0 saturated heterocycles. The predicted octanol–water partition coefficient (Wildman–Crippen LogP) is 1.77. The number of aromatic nitrogens is 2. The van der Waals surface area contributed by atoms with Crippen molar-refractivity contribution in [3.05, 3.63) is 29.6 Å². The van der Waals surface area contributed by atoms with Gasteiger partial charge in [-0.25, -0.2) is 13.8 Å². The largest absolute Gasteiger partial charge is 0.396 e. The van der Waals surface area contributed by atoms with Crippen molar-refractivity contribution in [1.82, 2.24) is 9.97 Å². The van der Waals surface area contributed by atoms with Crippen LogP contribution in [-0.4, -0.2) is 21.7 Å². The second-order valence-corrected chi connectivity index (χ2v) is 3.29. The quantitative estimate of drug-likeness (QED) is 0.814. The number of nitrogens with one attached hydrogen (secondary N) is 1. The molecule has 0 fully saturated rings. The van der Waals surface area contributed by atoms with Gasteiger partial charge in [-0.15, -0.1) is 0 Å². The van der Waals surface area contributed by atoms with Crippen molar-refractivity contribution in [2.24, 2.45) is 0 Å². The number of aromatic amines is 1. The van der Waals surface area contributed by atoms with Gasteiger partial charge in [0, 0.05) is 25.2 Å². The zero-order chi connectivity index (χ0) is 10.8. The third kappa shape index (κ3) is 1.97. The lowest BCUT2D eigenvalue weighted by atomic mass is 10.3. The van der Waals surface area contributed by atoms with Crippen molar-refractivity contribution < 1.29 is 13.9 Å². The summed E-state index contributed by atoms with van der Waals surface area (Å²) in [6.45, 7) is 0.0692. The van der Waals surface area contributed by atoms with Gasteiger partial charge >= 0.3 is 0 Å². The lowest BCUT2D eigenvalue weighted by Gasteiger charge is -1.91. The van der Waals surface area contributed by atoms with Crippen LogP contribution >= 0.6 is 0 Å². The van der Waals surface area contributed by atoms with Crippen LogP contribution in [0.1, 0.15) is 12.2 Å². The van der Waals surface area contributed by atoms with Crippen LogP contribution in [0.2, 0.25) is 0 Å². The second kappa shape index (κ2) is 3.94. The minimum Gasteiger partial charge on any atom is -0.396 e. The first-order valence-corrected chi connectivity index (χ1v) is 4.65. The molecule has 2 rings (SSSR count). The number of rotatable bonds is 3. The van der Waals surface area contributed by atoms with Crippen molar-refractivity contribution in [3.63, 3.8) is 0 Å². The van der Waals surface area contributed by atoms with Crippen LogP contribution in [-0.2, 0) is 6.42 Å². The Balaban J connectivity index is 2.38. The van der Waals surface area contributed by atoms with Gasteiger partial charge < -0.3 is 10.1 Å². The minimum absolute atomic E-state index is 0.0692. The summed E-state index contributed by atoms with van der Waals surface area (Å²) in [6.07, 6.45) is 1.14. The summed E-state index contributed by atoms with van der Waals surface area (Å²) in [7, 11) is 0. The molecule has 0 aliphatic heterocycles. The van der Waals surface area contributed by atoms with E-state index in [2.05, 4.69) is 9.97 Å². The Morgan fingerprint density at radius 3 is 2.73 bits per heavy atom. The van der Waals surface area contributed by atoms with E-state index in [4.69, 9.17) is 5.11 Å². The topological polar surface area (TPSA) is 48.9 Å². The average molecular weight is 212 g/mol. The number of imidazole rings is 1. The third-order valence-electron chi connectivity index (χ3n) is 2.14. The standard InChI is InChI=1S/C10H10F2N2O/c11-6-4-8-9(5-7(6)12)14-10(13-8)2-1-3-15/h4-5,15H,1-3H2,(H,13,14). The third-order valence-corrected chi connectivity index (χ3v) is 2.14. The Kier molecular flexibility index (Phi) is 2.64. The van der Waals surface area contributed by atoms with Gasteiger partial charge in [-0.05, 0) is 6.42 Å². The highest BCUT2D eigenvalue weighted by Gasteiger charge is 2.08. The highest BCUT2D eigenvalue weighted by molar-refractivity contribution is 5.75. The Hall–Kier alpha value is -1.49. The van der Waals surface area contributed by atoms with Crippen LogP contribution in [0.25, 0.3) is 11.0 Å². The van der Waals surface area contributed by atoms with E-state index in [1.54, 1.807) is 0 Å². The number of hydrogen-bond acceptors (Lipinski definition) is 2. The second-order valence-electron chi connectivity index (χ2n) is 3.29. The molecule has 0 amide bonds. The SMILES string of the molecule is OCCCc1nc2cc(F)c(F)cc2[nH]1. The lowest BCUT2D eigenvalue weighted by Crippen LogP contribution is -1.90. The summed E-state index contributed by atoms with van der Waals surface area (Å²) in [5.41, 5.74) is 0.878. The monoisotopic (exact) mass is 212 g/mol. The van der Waals surface area contributed by atoms with Gasteiger partial charge in [0.1, 0.15) is 5.82 Å². The molecule has 0 aliphatic carbocycles. The van der Waals surface area contributed by atoms with E-state index in [-0.39, 0.29) is 6.61 Å². The van der Waals surface area contributed by atoms with E-state index < -0.39 is 11.6 Å². The molecule has 0 bridgehead atoms. The van der Waals surface area contributed by atoms with Gasteiger partial charge in [0.2, 0.25) is 0 Å². The smallest absolute Gasteiger partial charge is 0.161 e. The highest BCUT2D eigenvalue weighted by atomic mass is 19.2. The van der Waals surface area contributed by atoms with Crippen LogP contribution in [0.15, 0.2) is 12.1 Å². The summed E-state index contributed by atoms with van der Waals surface area (Å²) >= 11 is 0. The molecule has 1 heterocycles. The molecule has 2 N–H and O–H groups in total. The fraction of sp³-hybridized carbons (Fsp3) is 0.300. The molecule has 0 unspecified atom stereocenters. The Morgan fingerprint density at radius 2 is 2.00 bits per heavy atom. The molecule has 1 aromatic heterocycles. The molecule has 1 aromatic carbocycles. The van der Waals surface area contributed by atoms with Gasteiger partial charge in [0.25, 0.3) is 0 Å². The van der Waals surface area contributed by atoms with Gasteiger partial charge in [-0.3, -0.25) is 0 Å². The van der Waals surface area contributed by atoms with Crippen LogP contribution in [0.4, 0.5) is 8.78 Å². The number of aliphatic hydroxyl groups excluding tert-OH is 1. The number of H-pyrrole nitrogens is 1. The van der Waals surface area contributed by atoms with Crippen molar-refractivity contribution >= 4 is 11.0 Å². The molecule has 0 aliphatic rings. The molecular weight excluding hydrogens is 202 g/mol. The molecule has 0 atom stereocenters. The molecule has 5 heteroatoms. The summed E-state index contributed by atoms with van der Waals surface area (Å²) in [5.74, 6) is -1.16. The van der Waals surface area contributed by atoms with Crippen LogP contribution < -0.4 is 0 Å². The molecule has 3 nitrogen and oxygen atoms in total. The summed E-state index contributed by atoms with van der Waals surface area (Å²) in [5, 5.41) is 8.63. The maximum Gasteiger partial charge on any atom is 0.161 e. The van der Waals surface area contributed by atoms with Gasteiger partial charge in [-0.2, -0.15) is 0 Å². The zero-order valence-corrected chi connectivity index (χ0v) is 7.93. The summed E-state index contributed by atoms with van der Waals surface area (Å²) < 4.78 is 25.7. The van der Waals surface area contributed by atoms with Crippen molar-refractivity contribution in [1.29, 1.82) is 0 Å². The van der Waals surface area contributed by atoms with E-state index in [0.717, 1.165) is 12.1 Å². The predicted molar refractivity (Wildman–Crippen MR) is 51.4 cm³/mol. The maximum absolute atomic E-state index is 12.8. The van der Waals surface area contributed by atoms with Gasteiger partial charge in [0.05, 0.1) is 11.0 Å². The van der Waals surface area contributed by atoms with Crippen LogP contribution in [0.3, 0.4) is 0 Å². The maximum atomic E-state index is 12.8. The average Bonchev–Trinajstić information content (AvgIpc) is 2.58. The molecular formula is C10H10F2N2O. The van der Waals surface area contributed by atoms with Crippen LogP contribution in [0, 0.1) is 11.6 Å². The molecule has 0 saturated carbocycles. The molecule has 0 spiro atoms. The highest BCUT2D eigenvalue weighted by Crippen LogP contribution is 2.16. The number of benzene rings is 1. The van der Waals surface area contributed by atoms with E-state index >= 15 is 0 Å². The van der Waals surface area contributed by atoms with Gasteiger partial charge in [0.15, 0.2) is 11.6 Å².